The number of ether oxygens (including phenoxy) is 1. The van der Waals surface area contributed by atoms with Gasteiger partial charge in [0, 0.05) is 17.7 Å². The molecule has 2 aromatic carbocycles. The first kappa shape index (κ1) is 14.4. The van der Waals surface area contributed by atoms with Crippen LogP contribution in [0, 0.1) is 17.5 Å². The maximum atomic E-state index is 13.8. The van der Waals surface area contributed by atoms with Crippen molar-refractivity contribution < 1.29 is 17.9 Å². The molecule has 0 saturated heterocycles. The highest BCUT2D eigenvalue weighted by Crippen LogP contribution is 2.28. The third-order valence-electron chi connectivity index (χ3n) is 2.95. The van der Waals surface area contributed by atoms with Crippen molar-refractivity contribution in [3.63, 3.8) is 0 Å². The Balaban J connectivity index is 2.46. The lowest BCUT2D eigenvalue weighted by Crippen LogP contribution is -2.30. The Morgan fingerprint density at radius 2 is 1.60 bits per heavy atom. The Morgan fingerprint density at radius 3 is 2.05 bits per heavy atom. The van der Waals surface area contributed by atoms with E-state index in [-0.39, 0.29) is 5.56 Å². The molecule has 0 heterocycles. The third-order valence-corrected chi connectivity index (χ3v) is 2.95. The molecule has 3 N–H and O–H groups in total. The van der Waals surface area contributed by atoms with Crippen LogP contribution in [0.2, 0.25) is 0 Å². The van der Waals surface area contributed by atoms with Crippen molar-refractivity contribution in [2.24, 2.45) is 5.84 Å². The summed E-state index contributed by atoms with van der Waals surface area (Å²) in [6, 6.07) is 6.81. The molecule has 0 spiro atoms. The van der Waals surface area contributed by atoms with Gasteiger partial charge in [-0.3, -0.25) is 5.84 Å². The van der Waals surface area contributed by atoms with E-state index in [2.05, 4.69) is 5.43 Å². The molecular weight excluding hydrogens is 269 g/mol. The Hall–Kier alpha value is -2.05. The van der Waals surface area contributed by atoms with Gasteiger partial charge in [0.05, 0.1) is 13.2 Å². The Labute approximate surface area is 114 Å². The van der Waals surface area contributed by atoms with Crippen LogP contribution in [-0.2, 0) is 0 Å². The number of hydrogen-bond donors (Lipinski definition) is 2. The molecule has 0 bridgehead atoms. The lowest BCUT2D eigenvalue weighted by molar-refractivity contribution is 0.414. The first-order valence-electron chi connectivity index (χ1n) is 5.81. The highest BCUT2D eigenvalue weighted by atomic mass is 19.1. The number of nitrogens with two attached hydrogens (primary N) is 1. The second-order valence-corrected chi connectivity index (χ2v) is 4.16. The van der Waals surface area contributed by atoms with Gasteiger partial charge < -0.3 is 4.74 Å². The first-order chi connectivity index (χ1) is 9.56. The zero-order chi connectivity index (χ0) is 14.7. The third kappa shape index (κ3) is 2.76. The summed E-state index contributed by atoms with van der Waals surface area (Å²) in [4.78, 5) is 0. The number of methoxy groups -OCH3 is 1. The predicted octanol–water partition coefficient (Wildman–Crippen LogP) is 2.67. The maximum Gasteiger partial charge on any atom is 0.134 e. The summed E-state index contributed by atoms with van der Waals surface area (Å²) in [5.41, 5.74) is 2.52. The Morgan fingerprint density at radius 1 is 1.05 bits per heavy atom. The zero-order valence-electron chi connectivity index (χ0n) is 10.7. The zero-order valence-corrected chi connectivity index (χ0v) is 10.7. The van der Waals surface area contributed by atoms with Crippen LogP contribution in [0.5, 0.6) is 5.75 Å². The topological polar surface area (TPSA) is 47.3 Å². The molecule has 0 aliphatic heterocycles. The number of hydrogen-bond acceptors (Lipinski definition) is 3. The van der Waals surface area contributed by atoms with Gasteiger partial charge in [0.2, 0.25) is 0 Å². The van der Waals surface area contributed by atoms with E-state index in [0.717, 1.165) is 0 Å². The van der Waals surface area contributed by atoms with Crippen LogP contribution in [0.25, 0.3) is 0 Å². The fraction of sp³-hybridized carbons (Fsp3) is 0.143. The monoisotopic (exact) mass is 282 g/mol. The molecule has 1 unspecified atom stereocenters. The van der Waals surface area contributed by atoms with E-state index in [4.69, 9.17) is 10.6 Å². The van der Waals surface area contributed by atoms with Gasteiger partial charge in [0.1, 0.15) is 23.2 Å². The smallest absolute Gasteiger partial charge is 0.134 e. The summed E-state index contributed by atoms with van der Waals surface area (Å²) < 4.78 is 45.5. The number of rotatable bonds is 4. The number of nitrogens with one attached hydrogen (secondary N) is 1. The molecule has 6 heteroatoms. The molecule has 20 heavy (non-hydrogen) atoms. The predicted molar refractivity (Wildman–Crippen MR) is 68.5 cm³/mol. The van der Waals surface area contributed by atoms with Gasteiger partial charge in [-0.05, 0) is 17.7 Å². The quantitative estimate of drug-likeness (QED) is 0.669. The molecule has 2 aromatic rings. The van der Waals surface area contributed by atoms with Crippen molar-refractivity contribution in [1.29, 1.82) is 0 Å². The molecule has 2 rings (SSSR count). The van der Waals surface area contributed by atoms with Crippen molar-refractivity contribution in [3.8, 4) is 5.75 Å². The number of hydrazine groups is 1. The van der Waals surface area contributed by atoms with Gasteiger partial charge in [0.15, 0.2) is 0 Å². The lowest BCUT2D eigenvalue weighted by atomic mass is 9.98. The first-order valence-corrected chi connectivity index (χ1v) is 5.81. The van der Waals surface area contributed by atoms with Crippen LogP contribution in [-0.4, -0.2) is 7.11 Å². The average molecular weight is 282 g/mol. The minimum absolute atomic E-state index is 0.334. The minimum atomic E-state index is -0.999. The molecule has 0 aromatic heterocycles. The fourth-order valence-corrected chi connectivity index (χ4v) is 1.97. The second kappa shape index (κ2) is 5.94. The molecule has 0 amide bonds. The fourth-order valence-electron chi connectivity index (χ4n) is 1.97. The van der Waals surface area contributed by atoms with Crippen LogP contribution >= 0.6 is 0 Å². The Kier molecular flexibility index (Phi) is 4.26. The second-order valence-electron chi connectivity index (χ2n) is 4.16. The van der Waals surface area contributed by atoms with Crippen LogP contribution in [0.3, 0.4) is 0 Å². The van der Waals surface area contributed by atoms with E-state index in [1.54, 1.807) is 24.3 Å². The number of halogens is 3. The van der Waals surface area contributed by atoms with E-state index < -0.39 is 23.5 Å². The lowest BCUT2D eigenvalue weighted by Gasteiger charge is -2.18. The molecule has 106 valence electrons. The van der Waals surface area contributed by atoms with Gasteiger partial charge in [-0.2, -0.15) is 0 Å². The van der Waals surface area contributed by atoms with Crippen molar-refractivity contribution in [2.75, 3.05) is 7.11 Å². The number of benzene rings is 2. The molecule has 0 aliphatic rings. The maximum absolute atomic E-state index is 13.8. The summed E-state index contributed by atoms with van der Waals surface area (Å²) in [5, 5.41) is 0. The van der Waals surface area contributed by atoms with E-state index >= 15 is 0 Å². The van der Waals surface area contributed by atoms with Crippen LogP contribution in [0.4, 0.5) is 13.2 Å². The van der Waals surface area contributed by atoms with Gasteiger partial charge >= 0.3 is 0 Å². The molecular formula is C14H13F3N2O. The molecule has 1 atom stereocenters. The van der Waals surface area contributed by atoms with Crippen molar-refractivity contribution in [1.82, 2.24) is 5.43 Å². The van der Waals surface area contributed by atoms with Gasteiger partial charge in [-0.25, -0.2) is 18.6 Å². The summed E-state index contributed by atoms with van der Waals surface area (Å²) in [5.74, 6) is 3.00. The van der Waals surface area contributed by atoms with Gasteiger partial charge in [-0.1, -0.05) is 12.1 Å². The highest BCUT2D eigenvalue weighted by molar-refractivity contribution is 5.36. The van der Waals surface area contributed by atoms with E-state index in [9.17, 15) is 13.2 Å². The van der Waals surface area contributed by atoms with E-state index in [1.807, 2.05) is 0 Å². The molecule has 0 aliphatic carbocycles. The normalized spacial score (nSPS) is 12.2. The van der Waals surface area contributed by atoms with E-state index in [1.165, 1.54) is 7.11 Å². The molecule has 0 radical (unpaired) electrons. The summed E-state index contributed by atoms with van der Waals surface area (Å²) >= 11 is 0. The molecule has 3 nitrogen and oxygen atoms in total. The SMILES string of the molecule is COc1ccc(C(NN)c2c(F)cc(F)cc2F)cc1. The van der Waals surface area contributed by atoms with Crippen LogP contribution < -0.4 is 16.0 Å². The summed E-state index contributed by atoms with van der Waals surface area (Å²) in [7, 11) is 1.51. The Bertz CT molecular complexity index is 579. The highest BCUT2D eigenvalue weighted by Gasteiger charge is 2.22. The largest absolute Gasteiger partial charge is 0.497 e. The summed E-state index contributed by atoms with van der Waals surface area (Å²) in [6.45, 7) is 0. The van der Waals surface area contributed by atoms with Gasteiger partial charge in [0.25, 0.3) is 0 Å². The summed E-state index contributed by atoms with van der Waals surface area (Å²) in [6.07, 6.45) is 0. The molecule has 0 saturated carbocycles. The van der Waals surface area contributed by atoms with Crippen molar-refractivity contribution in [2.45, 2.75) is 6.04 Å². The van der Waals surface area contributed by atoms with E-state index in [0.29, 0.717) is 23.4 Å². The average Bonchev–Trinajstić information content (AvgIpc) is 2.43. The van der Waals surface area contributed by atoms with Gasteiger partial charge in [-0.15, -0.1) is 0 Å². The van der Waals surface area contributed by atoms with Crippen LogP contribution in [0.1, 0.15) is 17.2 Å². The standard InChI is InChI=1S/C14H13F3N2O/c1-20-10-4-2-8(3-5-10)14(19-18)13-11(16)6-9(15)7-12(13)17/h2-7,14,19H,18H2,1H3. The molecule has 0 fully saturated rings. The van der Waals surface area contributed by atoms with Crippen molar-refractivity contribution >= 4 is 0 Å². The minimum Gasteiger partial charge on any atom is -0.497 e. The van der Waals surface area contributed by atoms with Crippen molar-refractivity contribution in [3.05, 3.63) is 65.0 Å². The van der Waals surface area contributed by atoms with Crippen LogP contribution in [0.15, 0.2) is 36.4 Å².